The van der Waals surface area contributed by atoms with Gasteiger partial charge in [0.2, 0.25) is 0 Å². The van der Waals surface area contributed by atoms with Crippen LogP contribution in [0.1, 0.15) is 31.1 Å². The number of carbonyl (C=O) groups is 2. The molecule has 0 radical (unpaired) electrons. The zero-order chi connectivity index (χ0) is 14.9. The van der Waals surface area contributed by atoms with Crippen LogP contribution in [0.2, 0.25) is 0 Å². The number of fused-ring (bicyclic) bond motifs is 1. The predicted octanol–water partition coefficient (Wildman–Crippen LogP) is 2.00. The maximum absolute atomic E-state index is 11.6. The summed E-state index contributed by atoms with van der Waals surface area (Å²) in [6, 6.07) is 1.39. The number of rotatable bonds is 2. The van der Waals surface area contributed by atoms with Crippen molar-refractivity contribution in [1.82, 2.24) is 15.2 Å². The SMILES string of the molecule is CC(C)(C)OC(=O)Nc1n[nH]c2cc(C(=O)O)cnc12. The lowest BCUT2D eigenvalue weighted by Crippen LogP contribution is -2.27. The van der Waals surface area contributed by atoms with Crippen LogP contribution in [-0.4, -0.2) is 38.0 Å². The molecule has 0 aliphatic heterocycles. The van der Waals surface area contributed by atoms with Gasteiger partial charge in [-0.05, 0) is 26.8 Å². The van der Waals surface area contributed by atoms with E-state index in [-0.39, 0.29) is 11.4 Å². The molecule has 20 heavy (non-hydrogen) atoms. The highest BCUT2D eigenvalue weighted by atomic mass is 16.6. The van der Waals surface area contributed by atoms with Crippen molar-refractivity contribution in [3.63, 3.8) is 0 Å². The maximum Gasteiger partial charge on any atom is 0.413 e. The minimum absolute atomic E-state index is 0.0324. The molecular formula is C12H14N4O4. The molecule has 3 N–H and O–H groups in total. The number of nitrogens with one attached hydrogen (secondary N) is 2. The predicted molar refractivity (Wildman–Crippen MR) is 70.7 cm³/mol. The molecule has 0 atom stereocenters. The van der Waals surface area contributed by atoms with Crippen LogP contribution in [0.4, 0.5) is 10.6 Å². The van der Waals surface area contributed by atoms with E-state index in [1.165, 1.54) is 12.3 Å². The Morgan fingerprint density at radius 1 is 1.40 bits per heavy atom. The number of carboxylic acids is 1. The van der Waals surface area contributed by atoms with Crippen LogP contribution in [0.25, 0.3) is 11.0 Å². The van der Waals surface area contributed by atoms with Gasteiger partial charge in [-0.25, -0.2) is 14.6 Å². The van der Waals surface area contributed by atoms with Gasteiger partial charge in [-0.3, -0.25) is 10.4 Å². The number of aromatic amines is 1. The summed E-state index contributed by atoms with van der Waals surface area (Å²) in [7, 11) is 0. The normalized spacial score (nSPS) is 11.3. The number of aromatic nitrogens is 3. The van der Waals surface area contributed by atoms with E-state index < -0.39 is 17.7 Å². The van der Waals surface area contributed by atoms with Crippen molar-refractivity contribution in [2.45, 2.75) is 26.4 Å². The van der Waals surface area contributed by atoms with Crippen LogP contribution >= 0.6 is 0 Å². The number of anilines is 1. The van der Waals surface area contributed by atoms with E-state index in [4.69, 9.17) is 9.84 Å². The molecule has 2 aromatic heterocycles. The first-order valence-electron chi connectivity index (χ1n) is 5.84. The van der Waals surface area contributed by atoms with E-state index in [2.05, 4.69) is 20.5 Å². The number of hydrogen-bond acceptors (Lipinski definition) is 5. The second kappa shape index (κ2) is 4.80. The second-order valence-electron chi connectivity index (χ2n) is 5.12. The largest absolute Gasteiger partial charge is 0.478 e. The Kier molecular flexibility index (Phi) is 3.31. The number of pyridine rings is 1. The third-order valence-corrected chi connectivity index (χ3v) is 2.27. The standard InChI is InChI=1S/C12H14N4O4/c1-12(2,3)20-11(19)14-9-8-7(15-16-9)4-6(5-13-8)10(17)18/h4-5H,1-3H3,(H,17,18)(H2,14,15,16,19). The van der Waals surface area contributed by atoms with Gasteiger partial charge in [-0.15, -0.1) is 0 Å². The molecule has 0 saturated heterocycles. The number of carbonyl (C=O) groups excluding carboxylic acids is 1. The van der Waals surface area contributed by atoms with Gasteiger partial charge in [-0.1, -0.05) is 0 Å². The summed E-state index contributed by atoms with van der Waals surface area (Å²) >= 11 is 0. The average molecular weight is 278 g/mol. The van der Waals surface area contributed by atoms with E-state index in [0.29, 0.717) is 11.0 Å². The lowest BCUT2D eigenvalue weighted by atomic mass is 10.2. The summed E-state index contributed by atoms with van der Waals surface area (Å²) in [5, 5.41) is 17.8. The number of amides is 1. The summed E-state index contributed by atoms with van der Waals surface area (Å²) in [5.41, 5.74) is 0.182. The van der Waals surface area contributed by atoms with Gasteiger partial charge in [0.25, 0.3) is 0 Å². The second-order valence-corrected chi connectivity index (χ2v) is 5.12. The van der Waals surface area contributed by atoms with E-state index >= 15 is 0 Å². The Bertz CT molecular complexity index is 672. The fourth-order valence-electron chi connectivity index (χ4n) is 1.51. The van der Waals surface area contributed by atoms with Crippen molar-refractivity contribution in [1.29, 1.82) is 0 Å². The van der Waals surface area contributed by atoms with Crippen LogP contribution in [0.3, 0.4) is 0 Å². The van der Waals surface area contributed by atoms with Crippen molar-refractivity contribution >= 4 is 28.9 Å². The first-order valence-corrected chi connectivity index (χ1v) is 5.84. The monoisotopic (exact) mass is 278 g/mol. The number of hydrogen-bond donors (Lipinski definition) is 3. The van der Waals surface area contributed by atoms with Gasteiger partial charge in [0.05, 0.1) is 11.1 Å². The molecule has 8 nitrogen and oxygen atoms in total. The summed E-state index contributed by atoms with van der Waals surface area (Å²) in [6.07, 6.45) is 0.538. The lowest BCUT2D eigenvalue weighted by molar-refractivity contribution is 0.0633. The Hall–Kier alpha value is -2.64. The van der Waals surface area contributed by atoms with Gasteiger partial charge in [0.15, 0.2) is 5.82 Å². The van der Waals surface area contributed by atoms with Gasteiger partial charge >= 0.3 is 12.1 Å². The maximum atomic E-state index is 11.6. The van der Waals surface area contributed by atoms with Crippen LogP contribution in [0, 0.1) is 0 Å². The van der Waals surface area contributed by atoms with Crippen LogP contribution in [0.15, 0.2) is 12.3 Å². The smallest absolute Gasteiger partial charge is 0.413 e. The molecule has 2 rings (SSSR count). The highest BCUT2D eigenvalue weighted by Crippen LogP contribution is 2.19. The fraction of sp³-hybridized carbons (Fsp3) is 0.333. The Morgan fingerprint density at radius 2 is 2.10 bits per heavy atom. The molecule has 0 fully saturated rings. The quantitative estimate of drug-likeness (QED) is 0.773. The third-order valence-electron chi connectivity index (χ3n) is 2.27. The van der Waals surface area contributed by atoms with Crippen molar-refractivity contribution < 1.29 is 19.4 Å². The highest BCUT2D eigenvalue weighted by Gasteiger charge is 2.19. The zero-order valence-electron chi connectivity index (χ0n) is 11.2. The summed E-state index contributed by atoms with van der Waals surface area (Å²) in [6.45, 7) is 5.23. The fourth-order valence-corrected chi connectivity index (χ4v) is 1.51. The zero-order valence-corrected chi connectivity index (χ0v) is 11.2. The molecule has 2 aromatic rings. The minimum atomic E-state index is -1.09. The highest BCUT2D eigenvalue weighted by molar-refractivity contribution is 5.97. The molecule has 0 spiro atoms. The van der Waals surface area contributed by atoms with Crippen molar-refractivity contribution in [3.05, 3.63) is 17.8 Å². The number of aromatic carboxylic acids is 1. The van der Waals surface area contributed by atoms with E-state index in [1.54, 1.807) is 20.8 Å². The first-order chi connectivity index (χ1) is 9.26. The molecule has 0 bridgehead atoms. The summed E-state index contributed by atoms with van der Waals surface area (Å²) in [5.74, 6) is -0.901. The Balaban J connectivity index is 2.24. The molecular weight excluding hydrogens is 264 g/mol. The number of H-pyrrole nitrogens is 1. The van der Waals surface area contributed by atoms with Crippen molar-refractivity contribution in [2.75, 3.05) is 5.32 Å². The molecule has 0 saturated carbocycles. The summed E-state index contributed by atoms with van der Waals surface area (Å²) < 4.78 is 5.10. The van der Waals surface area contributed by atoms with Gasteiger partial charge < -0.3 is 9.84 Å². The van der Waals surface area contributed by atoms with E-state index in [9.17, 15) is 9.59 Å². The molecule has 0 aromatic carbocycles. The van der Waals surface area contributed by atoms with E-state index in [1.807, 2.05) is 0 Å². The van der Waals surface area contributed by atoms with Gasteiger partial charge in [0.1, 0.15) is 11.1 Å². The lowest BCUT2D eigenvalue weighted by Gasteiger charge is -2.19. The molecule has 2 heterocycles. The third kappa shape index (κ3) is 3.02. The average Bonchev–Trinajstić information content (AvgIpc) is 2.69. The molecule has 0 aliphatic carbocycles. The van der Waals surface area contributed by atoms with Gasteiger partial charge in [-0.2, -0.15) is 5.10 Å². The van der Waals surface area contributed by atoms with Crippen LogP contribution in [-0.2, 0) is 4.74 Å². The number of nitrogens with zero attached hydrogens (tertiary/aromatic N) is 2. The number of carboxylic acid groups (broad SMARTS) is 1. The van der Waals surface area contributed by atoms with Crippen molar-refractivity contribution in [2.24, 2.45) is 0 Å². The molecule has 8 heteroatoms. The molecule has 0 aliphatic rings. The first kappa shape index (κ1) is 13.8. The van der Waals surface area contributed by atoms with Crippen LogP contribution in [0.5, 0.6) is 0 Å². The van der Waals surface area contributed by atoms with E-state index in [0.717, 1.165) is 0 Å². The number of ether oxygens (including phenoxy) is 1. The molecule has 1 amide bonds. The summed E-state index contributed by atoms with van der Waals surface area (Å²) in [4.78, 5) is 26.4. The van der Waals surface area contributed by atoms with Gasteiger partial charge in [0, 0.05) is 6.20 Å². The molecule has 106 valence electrons. The Morgan fingerprint density at radius 3 is 2.70 bits per heavy atom. The topological polar surface area (TPSA) is 117 Å². The van der Waals surface area contributed by atoms with Crippen molar-refractivity contribution in [3.8, 4) is 0 Å². The minimum Gasteiger partial charge on any atom is -0.478 e. The molecule has 0 unspecified atom stereocenters. The Labute approximate surface area is 114 Å². The van der Waals surface area contributed by atoms with Crippen LogP contribution < -0.4 is 5.32 Å².